The molecule has 0 unspecified atom stereocenters. The molecule has 1 aromatic heterocycles. The number of anilines is 2. The molecule has 0 aromatic carbocycles. The van der Waals surface area contributed by atoms with E-state index in [2.05, 4.69) is 15.3 Å². The van der Waals surface area contributed by atoms with Gasteiger partial charge in [-0.3, -0.25) is 0 Å². The van der Waals surface area contributed by atoms with Crippen molar-refractivity contribution in [2.45, 2.75) is 44.4 Å². The monoisotopic (exact) mass is 262 g/mol. The van der Waals surface area contributed by atoms with Gasteiger partial charge in [-0.05, 0) is 25.7 Å². The number of aliphatic hydroxyl groups excluding tert-OH is 1. The average molecular weight is 262 g/mol. The number of aliphatic hydroxyl groups is 1. The fourth-order valence-corrected chi connectivity index (χ4v) is 2.89. The van der Waals surface area contributed by atoms with Gasteiger partial charge in [0.2, 0.25) is 0 Å². The largest absolute Gasteiger partial charge is 0.396 e. The van der Waals surface area contributed by atoms with Gasteiger partial charge in [0, 0.05) is 23.9 Å². The van der Waals surface area contributed by atoms with Crippen LogP contribution in [0.25, 0.3) is 0 Å². The van der Waals surface area contributed by atoms with Crippen LogP contribution in [-0.2, 0) is 0 Å². The molecule has 0 aliphatic heterocycles. The van der Waals surface area contributed by atoms with E-state index in [0.717, 1.165) is 31.0 Å². The molecule has 4 N–H and O–H groups in total. The van der Waals surface area contributed by atoms with Crippen LogP contribution in [0.3, 0.4) is 0 Å². The molecule has 5 heteroatoms. The summed E-state index contributed by atoms with van der Waals surface area (Å²) in [6.07, 6.45) is 6.94. The molecule has 2 aliphatic rings. The Morgan fingerprint density at radius 1 is 1.32 bits per heavy atom. The highest BCUT2D eigenvalue weighted by Gasteiger charge is 2.33. The van der Waals surface area contributed by atoms with Crippen LogP contribution in [-0.4, -0.2) is 28.2 Å². The van der Waals surface area contributed by atoms with Crippen molar-refractivity contribution < 1.29 is 5.11 Å². The fraction of sp³-hybridized carbons (Fsp3) is 0.714. The molecule has 2 fully saturated rings. The van der Waals surface area contributed by atoms with Crippen LogP contribution in [0.1, 0.15) is 50.3 Å². The van der Waals surface area contributed by atoms with Crippen molar-refractivity contribution in [1.29, 1.82) is 0 Å². The normalized spacial score (nSPS) is 21.5. The van der Waals surface area contributed by atoms with E-state index in [9.17, 15) is 5.11 Å². The van der Waals surface area contributed by atoms with Gasteiger partial charge in [0.15, 0.2) is 0 Å². The lowest BCUT2D eigenvalue weighted by Crippen LogP contribution is -2.30. The minimum Gasteiger partial charge on any atom is -0.396 e. The third-order valence-corrected chi connectivity index (χ3v) is 4.35. The van der Waals surface area contributed by atoms with Crippen molar-refractivity contribution in [3.05, 3.63) is 11.9 Å². The molecule has 5 nitrogen and oxygen atoms in total. The first kappa shape index (κ1) is 12.7. The summed E-state index contributed by atoms with van der Waals surface area (Å²) in [5.41, 5.74) is 5.86. The topological polar surface area (TPSA) is 84.1 Å². The highest BCUT2D eigenvalue weighted by atomic mass is 16.3. The Hall–Kier alpha value is -1.36. The Morgan fingerprint density at radius 3 is 2.68 bits per heavy atom. The summed E-state index contributed by atoms with van der Waals surface area (Å²) >= 11 is 0. The predicted molar refractivity (Wildman–Crippen MR) is 74.9 cm³/mol. The molecular weight excluding hydrogens is 240 g/mol. The predicted octanol–water partition coefficient (Wildman–Crippen LogP) is 1.90. The van der Waals surface area contributed by atoms with E-state index < -0.39 is 0 Å². The third-order valence-electron chi connectivity index (χ3n) is 4.35. The van der Waals surface area contributed by atoms with Gasteiger partial charge in [-0.1, -0.05) is 12.8 Å². The molecule has 0 amide bonds. The van der Waals surface area contributed by atoms with Crippen LogP contribution in [0.4, 0.5) is 11.6 Å². The fourth-order valence-electron chi connectivity index (χ4n) is 2.89. The molecule has 0 radical (unpaired) electrons. The number of hydrogen-bond acceptors (Lipinski definition) is 5. The van der Waals surface area contributed by atoms with Crippen molar-refractivity contribution in [2.24, 2.45) is 5.41 Å². The number of nitrogen functional groups attached to an aromatic ring is 1. The highest BCUT2D eigenvalue weighted by molar-refractivity contribution is 5.45. The first-order valence-corrected chi connectivity index (χ1v) is 7.20. The van der Waals surface area contributed by atoms with E-state index in [1.165, 1.54) is 25.7 Å². The molecule has 1 heterocycles. The van der Waals surface area contributed by atoms with Crippen LogP contribution in [0.5, 0.6) is 0 Å². The SMILES string of the molecule is Nc1cc(NCC2(CO)CCCC2)nc(C2CC2)n1. The number of nitrogens with zero attached hydrogens (tertiary/aromatic N) is 2. The number of nitrogens with one attached hydrogen (secondary N) is 1. The summed E-state index contributed by atoms with van der Waals surface area (Å²) in [5.74, 6) is 2.70. The molecule has 1 aromatic rings. The lowest BCUT2D eigenvalue weighted by atomic mass is 9.87. The van der Waals surface area contributed by atoms with Gasteiger partial charge in [-0.2, -0.15) is 0 Å². The van der Waals surface area contributed by atoms with Crippen LogP contribution in [0, 0.1) is 5.41 Å². The molecule has 19 heavy (non-hydrogen) atoms. The summed E-state index contributed by atoms with van der Waals surface area (Å²) in [6.45, 7) is 1.01. The Bertz CT molecular complexity index is 453. The van der Waals surface area contributed by atoms with E-state index in [4.69, 9.17) is 5.73 Å². The first-order chi connectivity index (χ1) is 9.21. The lowest BCUT2D eigenvalue weighted by Gasteiger charge is -2.26. The molecule has 0 spiro atoms. The zero-order chi connectivity index (χ0) is 13.3. The molecule has 104 valence electrons. The maximum Gasteiger partial charge on any atom is 0.136 e. The van der Waals surface area contributed by atoms with Gasteiger partial charge in [0.05, 0.1) is 6.61 Å². The molecule has 0 saturated heterocycles. The first-order valence-electron chi connectivity index (χ1n) is 7.20. The summed E-state index contributed by atoms with van der Waals surface area (Å²) in [5, 5.41) is 13.0. The van der Waals surface area contributed by atoms with Crippen LogP contribution in [0.15, 0.2) is 6.07 Å². The average Bonchev–Trinajstić information content (AvgIpc) is 3.16. The Kier molecular flexibility index (Phi) is 3.31. The van der Waals surface area contributed by atoms with Crippen LogP contribution in [0.2, 0.25) is 0 Å². The zero-order valence-electron chi connectivity index (χ0n) is 11.2. The van der Waals surface area contributed by atoms with Gasteiger partial charge in [-0.15, -0.1) is 0 Å². The highest BCUT2D eigenvalue weighted by Crippen LogP contribution is 2.39. The second-order valence-electron chi connectivity index (χ2n) is 6.03. The van der Waals surface area contributed by atoms with E-state index in [1.54, 1.807) is 6.07 Å². The smallest absolute Gasteiger partial charge is 0.136 e. The summed E-state index contributed by atoms with van der Waals surface area (Å²) in [6, 6.07) is 1.78. The van der Waals surface area contributed by atoms with E-state index in [-0.39, 0.29) is 12.0 Å². The molecular formula is C14H22N4O. The quantitative estimate of drug-likeness (QED) is 0.754. The van der Waals surface area contributed by atoms with E-state index in [1.807, 2.05) is 0 Å². The van der Waals surface area contributed by atoms with Crippen LogP contribution < -0.4 is 11.1 Å². The Morgan fingerprint density at radius 2 is 2.05 bits per heavy atom. The molecule has 2 saturated carbocycles. The summed E-state index contributed by atoms with van der Waals surface area (Å²) < 4.78 is 0. The number of aromatic nitrogens is 2. The van der Waals surface area contributed by atoms with Gasteiger partial charge in [0.25, 0.3) is 0 Å². The van der Waals surface area contributed by atoms with Crippen molar-refractivity contribution >= 4 is 11.6 Å². The van der Waals surface area contributed by atoms with Crippen molar-refractivity contribution in [3.63, 3.8) is 0 Å². The van der Waals surface area contributed by atoms with Crippen LogP contribution >= 0.6 is 0 Å². The molecule has 2 aliphatic carbocycles. The van der Waals surface area contributed by atoms with Gasteiger partial charge >= 0.3 is 0 Å². The Labute approximate surface area is 113 Å². The standard InChI is InChI=1S/C14H22N4O/c15-11-7-12(18-13(17-11)10-3-4-10)16-8-14(9-19)5-1-2-6-14/h7,10,19H,1-6,8-9H2,(H3,15,16,17,18). The summed E-state index contributed by atoms with van der Waals surface area (Å²) in [4.78, 5) is 8.83. The summed E-state index contributed by atoms with van der Waals surface area (Å²) in [7, 11) is 0. The Balaban J connectivity index is 1.69. The third kappa shape index (κ3) is 2.81. The molecule has 0 bridgehead atoms. The number of hydrogen-bond donors (Lipinski definition) is 3. The lowest BCUT2D eigenvalue weighted by molar-refractivity contribution is 0.142. The van der Waals surface area contributed by atoms with Crippen molar-refractivity contribution in [3.8, 4) is 0 Å². The van der Waals surface area contributed by atoms with E-state index in [0.29, 0.717) is 11.7 Å². The zero-order valence-corrected chi connectivity index (χ0v) is 11.2. The second-order valence-corrected chi connectivity index (χ2v) is 6.03. The van der Waals surface area contributed by atoms with Gasteiger partial charge < -0.3 is 16.2 Å². The molecule has 3 rings (SSSR count). The minimum atomic E-state index is 0.0272. The van der Waals surface area contributed by atoms with E-state index >= 15 is 0 Å². The van der Waals surface area contributed by atoms with Gasteiger partial charge in [0.1, 0.15) is 17.5 Å². The van der Waals surface area contributed by atoms with Crippen molar-refractivity contribution in [1.82, 2.24) is 9.97 Å². The minimum absolute atomic E-state index is 0.0272. The number of rotatable bonds is 5. The maximum atomic E-state index is 9.60. The van der Waals surface area contributed by atoms with Gasteiger partial charge in [-0.25, -0.2) is 9.97 Å². The second kappa shape index (κ2) is 4.96. The van der Waals surface area contributed by atoms with Crippen molar-refractivity contribution in [2.75, 3.05) is 24.2 Å². The maximum absolute atomic E-state index is 9.60. The number of nitrogens with two attached hydrogens (primary N) is 1. The molecule has 0 atom stereocenters.